The molecule has 0 radical (unpaired) electrons. The number of benzene rings is 2. The number of fused-ring (bicyclic) bond motifs is 2. The average molecular weight is 265 g/mol. The van der Waals surface area contributed by atoms with Crippen molar-refractivity contribution >= 4 is 5.69 Å². The number of nitrogens with zero attached hydrogens (tertiary/aromatic N) is 1. The fourth-order valence-electron chi connectivity index (χ4n) is 3.36. The largest absolute Gasteiger partial charge is 0.491 e. The minimum Gasteiger partial charge on any atom is -0.491 e. The molecule has 2 aromatic rings. The number of ether oxygens (including phenoxy) is 1. The Bertz CT molecular complexity index is 608. The van der Waals surface area contributed by atoms with Gasteiger partial charge in [0.2, 0.25) is 0 Å². The first-order valence-corrected chi connectivity index (χ1v) is 7.48. The van der Waals surface area contributed by atoms with Crippen LogP contribution in [-0.2, 0) is 19.3 Å². The Kier molecular flexibility index (Phi) is 2.87. The summed E-state index contributed by atoms with van der Waals surface area (Å²) in [6.07, 6.45) is 3.30. The van der Waals surface area contributed by atoms with Gasteiger partial charge in [-0.1, -0.05) is 36.4 Å². The normalized spacial score (nSPS) is 17.1. The van der Waals surface area contributed by atoms with E-state index in [4.69, 9.17) is 4.74 Å². The van der Waals surface area contributed by atoms with Crippen molar-refractivity contribution < 1.29 is 4.74 Å². The Morgan fingerprint density at radius 3 is 2.20 bits per heavy atom. The van der Waals surface area contributed by atoms with E-state index in [1.807, 2.05) is 0 Å². The van der Waals surface area contributed by atoms with Crippen molar-refractivity contribution in [3.63, 3.8) is 0 Å². The SMILES string of the molecule is c1ccc2c(c1)CCN(c1cccc3c1OCC3)CC2. The van der Waals surface area contributed by atoms with Crippen LogP contribution in [0.1, 0.15) is 16.7 Å². The van der Waals surface area contributed by atoms with Crippen LogP contribution in [-0.4, -0.2) is 19.7 Å². The predicted octanol–water partition coefficient (Wildman–Crippen LogP) is 3.23. The van der Waals surface area contributed by atoms with Crippen molar-refractivity contribution in [1.82, 2.24) is 0 Å². The van der Waals surface area contributed by atoms with E-state index < -0.39 is 0 Å². The molecule has 0 aliphatic carbocycles. The first-order chi connectivity index (χ1) is 9.92. The average Bonchev–Trinajstić information content (AvgIpc) is 2.87. The van der Waals surface area contributed by atoms with E-state index in [0.29, 0.717) is 0 Å². The highest BCUT2D eigenvalue weighted by Gasteiger charge is 2.21. The van der Waals surface area contributed by atoms with E-state index in [1.165, 1.54) is 22.4 Å². The van der Waals surface area contributed by atoms with E-state index in [1.54, 1.807) is 0 Å². The van der Waals surface area contributed by atoms with Gasteiger partial charge in [0.05, 0.1) is 12.3 Å². The van der Waals surface area contributed by atoms with Crippen LogP contribution >= 0.6 is 0 Å². The van der Waals surface area contributed by atoms with Gasteiger partial charge in [0, 0.05) is 19.5 Å². The summed E-state index contributed by atoms with van der Waals surface area (Å²) < 4.78 is 5.86. The third-order valence-electron chi connectivity index (χ3n) is 4.45. The lowest BCUT2D eigenvalue weighted by molar-refractivity contribution is 0.357. The molecule has 0 fully saturated rings. The molecular weight excluding hydrogens is 246 g/mol. The molecule has 0 atom stereocenters. The van der Waals surface area contributed by atoms with E-state index in [9.17, 15) is 0 Å². The van der Waals surface area contributed by atoms with Gasteiger partial charge in [0.25, 0.3) is 0 Å². The third-order valence-corrected chi connectivity index (χ3v) is 4.45. The summed E-state index contributed by atoms with van der Waals surface area (Å²) >= 11 is 0. The molecule has 0 unspecified atom stereocenters. The molecule has 102 valence electrons. The van der Waals surface area contributed by atoms with Crippen LogP contribution in [0.5, 0.6) is 5.75 Å². The summed E-state index contributed by atoms with van der Waals surface area (Å²) in [6, 6.07) is 15.4. The second-order valence-electron chi connectivity index (χ2n) is 5.62. The monoisotopic (exact) mass is 265 g/mol. The zero-order valence-electron chi connectivity index (χ0n) is 11.6. The molecule has 0 aromatic heterocycles. The van der Waals surface area contributed by atoms with Crippen LogP contribution in [0.15, 0.2) is 42.5 Å². The molecular formula is C18H19NO. The molecule has 2 aliphatic rings. The standard InChI is InChI=1S/C18H19NO/c1-2-5-15-9-12-19(11-8-14(15)4-1)17-7-3-6-16-10-13-20-18(16)17/h1-7H,8-13H2. The number of para-hydroxylation sites is 1. The molecule has 4 rings (SSSR count). The summed E-state index contributed by atoms with van der Waals surface area (Å²) in [6.45, 7) is 2.99. The van der Waals surface area contributed by atoms with Crippen LogP contribution in [0.3, 0.4) is 0 Å². The van der Waals surface area contributed by atoms with Crippen molar-refractivity contribution in [1.29, 1.82) is 0 Å². The predicted molar refractivity (Wildman–Crippen MR) is 81.7 cm³/mol. The van der Waals surface area contributed by atoms with E-state index in [0.717, 1.165) is 44.7 Å². The number of hydrogen-bond acceptors (Lipinski definition) is 2. The Morgan fingerprint density at radius 2 is 1.45 bits per heavy atom. The van der Waals surface area contributed by atoms with Gasteiger partial charge in [-0.3, -0.25) is 0 Å². The Labute approximate surface area is 120 Å². The van der Waals surface area contributed by atoms with Crippen molar-refractivity contribution in [2.24, 2.45) is 0 Å². The zero-order chi connectivity index (χ0) is 13.4. The maximum Gasteiger partial charge on any atom is 0.145 e. The van der Waals surface area contributed by atoms with Gasteiger partial charge in [0.15, 0.2) is 0 Å². The van der Waals surface area contributed by atoms with E-state index >= 15 is 0 Å². The molecule has 0 saturated carbocycles. The van der Waals surface area contributed by atoms with Crippen LogP contribution < -0.4 is 9.64 Å². The van der Waals surface area contributed by atoms with E-state index in [-0.39, 0.29) is 0 Å². The summed E-state index contributed by atoms with van der Waals surface area (Å²) in [5, 5.41) is 0. The minimum atomic E-state index is 0.834. The number of rotatable bonds is 1. The van der Waals surface area contributed by atoms with Gasteiger partial charge in [-0.15, -0.1) is 0 Å². The Balaban J connectivity index is 1.64. The van der Waals surface area contributed by atoms with Gasteiger partial charge < -0.3 is 9.64 Å². The quantitative estimate of drug-likeness (QED) is 0.785. The molecule has 2 heteroatoms. The zero-order valence-corrected chi connectivity index (χ0v) is 11.6. The van der Waals surface area contributed by atoms with Crippen LogP contribution in [0, 0.1) is 0 Å². The fourth-order valence-corrected chi connectivity index (χ4v) is 3.36. The third kappa shape index (κ3) is 1.96. The summed E-state index contributed by atoms with van der Waals surface area (Å²) in [7, 11) is 0. The molecule has 0 amide bonds. The molecule has 20 heavy (non-hydrogen) atoms. The number of anilines is 1. The molecule has 2 heterocycles. The number of hydrogen-bond donors (Lipinski definition) is 0. The summed E-state index contributed by atoms with van der Waals surface area (Å²) in [5.74, 6) is 1.12. The van der Waals surface area contributed by atoms with Crippen molar-refractivity contribution in [3.05, 3.63) is 59.2 Å². The second-order valence-corrected chi connectivity index (χ2v) is 5.62. The maximum atomic E-state index is 5.86. The van der Waals surface area contributed by atoms with Gasteiger partial charge in [-0.2, -0.15) is 0 Å². The second kappa shape index (κ2) is 4.86. The lowest BCUT2D eigenvalue weighted by atomic mass is 10.0. The molecule has 0 spiro atoms. The first-order valence-electron chi connectivity index (χ1n) is 7.48. The molecule has 0 N–H and O–H groups in total. The van der Waals surface area contributed by atoms with Crippen molar-refractivity contribution in [2.75, 3.05) is 24.6 Å². The lowest BCUT2D eigenvalue weighted by Crippen LogP contribution is -2.26. The smallest absolute Gasteiger partial charge is 0.145 e. The molecule has 2 aromatic carbocycles. The van der Waals surface area contributed by atoms with Crippen molar-refractivity contribution in [2.45, 2.75) is 19.3 Å². The van der Waals surface area contributed by atoms with Crippen LogP contribution in [0.2, 0.25) is 0 Å². The van der Waals surface area contributed by atoms with Gasteiger partial charge in [0.1, 0.15) is 5.75 Å². The Morgan fingerprint density at radius 1 is 0.750 bits per heavy atom. The highest BCUT2D eigenvalue weighted by molar-refractivity contribution is 5.63. The van der Waals surface area contributed by atoms with Crippen LogP contribution in [0.25, 0.3) is 0 Å². The minimum absolute atomic E-state index is 0.834. The van der Waals surface area contributed by atoms with Gasteiger partial charge in [-0.25, -0.2) is 0 Å². The van der Waals surface area contributed by atoms with Gasteiger partial charge in [-0.05, 0) is 35.6 Å². The van der Waals surface area contributed by atoms with Crippen molar-refractivity contribution in [3.8, 4) is 5.75 Å². The molecule has 0 saturated heterocycles. The lowest BCUT2D eigenvalue weighted by Gasteiger charge is -2.24. The topological polar surface area (TPSA) is 12.5 Å². The van der Waals surface area contributed by atoms with E-state index in [2.05, 4.69) is 47.4 Å². The molecule has 0 bridgehead atoms. The molecule has 2 aliphatic heterocycles. The molecule has 2 nitrogen and oxygen atoms in total. The fraction of sp³-hybridized carbons (Fsp3) is 0.333. The van der Waals surface area contributed by atoms with Gasteiger partial charge >= 0.3 is 0 Å². The first kappa shape index (κ1) is 11.8. The summed E-state index contributed by atoms with van der Waals surface area (Å²) in [4.78, 5) is 2.49. The Hall–Kier alpha value is -1.96. The maximum absolute atomic E-state index is 5.86. The summed E-state index contributed by atoms with van der Waals surface area (Å²) in [5.41, 5.74) is 5.66. The van der Waals surface area contributed by atoms with Crippen LogP contribution in [0.4, 0.5) is 5.69 Å². The highest BCUT2D eigenvalue weighted by Crippen LogP contribution is 2.36. The highest BCUT2D eigenvalue weighted by atomic mass is 16.5.